The molecular formula is C24H40IN3O3. The molecule has 0 aliphatic carbocycles. The number of aliphatic imine (C=N–C) groups is 1. The fourth-order valence-electron chi connectivity index (χ4n) is 3.90. The first kappa shape index (κ1) is 26.2. The predicted molar refractivity (Wildman–Crippen MR) is 137 cm³/mol. The third-order valence-corrected chi connectivity index (χ3v) is 5.41. The van der Waals surface area contributed by atoms with Gasteiger partial charge in [0.05, 0.1) is 25.4 Å². The van der Waals surface area contributed by atoms with Crippen molar-refractivity contribution in [3.8, 4) is 5.75 Å². The molecule has 7 heteroatoms. The van der Waals surface area contributed by atoms with Crippen molar-refractivity contribution in [2.75, 3.05) is 32.8 Å². The van der Waals surface area contributed by atoms with Crippen LogP contribution >= 0.6 is 24.0 Å². The fourth-order valence-corrected chi connectivity index (χ4v) is 3.90. The average Bonchev–Trinajstić information content (AvgIpc) is 3.24. The Morgan fingerprint density at radius 3 is 2.58 bits per heavy atom. The lowest BCUT2D eigenvalue weighted by Crippen LogP contribution is -2.47. The number of benzene rings is 1. The van der Waals surface area contributed by atoms with Crippen LogP contribution in [0.15, 0.2) is 29.3 Å². The van der Waals surface area contributed by atoms with Crippen molar-refractivity contribution in [2.45, 2.75) is 77.7 Å². The Bertz CT molecular complexity index is 679. The first-order chi connectivity index (χ1) is 14.4. The van der Waals surface area contributed by atoms with Crippen molar-refractivity contribution in [3.05, 3.63) is 29.8 Å². The zero-order valence-corrected chi connectivity index (χ0v) is 21.9. The quantitative estimate of drug-likeness (QED) is 0.308. The molecule has 1 aromatic carbocycles. The van der Waals surface area contributed by atoms with Crippen molar-refractivity contribution in [1.29, 1.82) is 0 Å². The lowest BCUT2D eigenvalue weighted by Gasteiger charge is -2.34. The summed E-state index contributed by atoms with van der Waals surface area (Å²) in [5, 5.41) is 3.46. The topological polar surface area (TPSA) is 55.3 Å². The molecule has 3 rings (SSSR count). The summed E-state index contributed by atoms with van der Waals surface area (Å²) < 4.78 is 17.9. The van der Waals surface area contributed by atoms with E-state index in [0.29, 0.717) is 18.8 Å². The van der Waals surface area contributed by atoms with Gasteiger partial charge in [-0.3, -0.25) is 0 Å². The van der Waals surface area contributed by atoms with Crippen molar-refractivity contribution in [2.24, 2.45) is 4.99 Å². The Hall–Kier alpha value is -1.06. The molecule has 31 heavy (non-hydrogen) atoms. The van der Waals surface area contributed by atoms with Gasteiger partial charge in [-0.05, 0) is 59.4 Å². The monoisotopic (exact) mass is 545 g/mol. The molecule has 1 aromatic rings. The molecule has 0 amide bonds. The second-order valence-corrected chi connectivity index (χ2v) is 9.15. The van der Waals surface area contributed by atoms with E-state index in [1.54, 1.807) is 0 Å². The Morgan fingerprint density at radius 2 is 1.94 bits per heavy atom. The number of halogens is 1. The van der Waals surface area contributed by atoms with Gasteiger partial charge in [-0.1, -0.05) is 18.2 Å². The minimum absolute atomic E-state index is 0. The average molecular weight is 546 g/mol. The van der Waals surface area contributed by atoms with Crippen molar-refractivity contribution < 1.29 is 14.2 Å². The summed E-state index contributed by atoms with van der Waals surface area (Å²) in [5.41, 5.74) is 0.882. The number of para-hydroxylation sites is 1. The van der Waals surface area contributed by atoms with Gasteiger partial charge in [0.1, 0.15) is 11.4 Å². The maximum Gasteiger partial charge on any atom is 0.194 e. The number of piperidine rings is 1. The molecule has 0 radical (unpaired) electrons. The van der Waals surface area contributed by atoms with Gasteiger partial charge in [0.2, 0.25) is 0 Å². The van der Waals surface area contributed by atoms with Gasteiger partial charge in [0, 0.05) is 31.8 Å². The van der Waals surface area contributed by atoms with Crippen LogP contribution in [0.1, 0.15) is 58.9 Å². The lowest BCUT2D eigenvalue weighted by atomic mass is 10.1. The minimum atomic E-state index is -0.226. The molecule has 0 spiro atoms. The highest BCUT2D eigenvalue weighted by molar-refractivity contribution is 14.0. The fraction of sp³-hybridized carbons (Fsp3) is 0.708. The second-order valence-electron chi connectivity index (χ2n) is 9.15. The van der Waals surface area contributed by atoms with Gasteiger partial charge in [-0.25, -0.2) is 4.99 Å². The van der Waals surface area contributed by atoms with Crippen molar-refractivity contribution >= 4 is 29.9 Å². The highest BCUT2D eigenvalue weighted by Crippen LogP contribution is 2.24. The number of nitrogens with zero attached hydrogens (tertiary/aromatic N) is 2. The van der Waals surface area contributed by atoms with Crippen LogP contribution in [0.4, 0.5) is 0 Å². The Balaban J connectivity index is 0.00000341. The van der Waals surface area contributed by atoms with Crippen LogP contribution in [0.3, 0.4) is 0 Å². The molecule has 0 bridgehead atoms. The molecule has 2 aliphatic rings. The third-order valence-electron chi connectivity index (χ3n) is 5.41. The highest BCUT2D eigenvalue weighted by Gasteiger charge is 2.24. The number of hydrogen-bond donors (Lipinski definition) is 1. The summed E-state index contributed by atoms with van der Waals surface area (Å²) in [6, 6.07) is 8.18. The molecule has 1 N–H and O–H groups in total. The molecule has 1 atom stereocenters. The van der Waals surface area contributed by atoms with Gasteiger partial charge in [0.15, 0.2) is 5.96 Å². The van der Waals surface area contributed by atoms with E-state index in [4.69, 9.17) is 19.2 Å². The van der Waals surface area contributed by atoms with Crippen molar-refractivity contribution in [1.82, 2.24) is 10.2 Å². The zero-order chi connectivity index (χ0) is 21.4. The summed E-state index contributed by atoms with van der Waals surface area (Å²) in [7, 11) is 0. The largest absolute Gasteiger partial charge is 0.488 e. The SMILES string of the molecule is CCNC(=NCc1ccccc1OC(C)(C)C)N1CCC(OCC2CCCO2)CC1.I. The molecule has 0 aromatic heterocycles. The summed E-state index contributed by atoms with van der Waals surface area (Å²) in [4.78, 5) is 7.27. The lowest BCUT2D eigenvalue weighted by molar-refractivity contribution is -0.0367. The minimum Gasteiger partial charge on any atom is -0.488 e. The summed E-state index contributed by atoms with van der Waals surface area (Å²) >= 11 is 0. The molecule has 176 valence electrons. The van der Waals surface area contributed by atoms with E-state index in [0.717, 1.165) is 69.4 Å². The molecule has 2 heterocycles. The van der Waals surface area contributed by atoms with Gasteiger partial charge in [-0.15, -0.1) is 24.0 Å². The maximum absolute atomic E-state index is 6.12. The van der Waals surface area contributed by atoms with Crippen LogP contribution in [0.25, 0.3) is 0 Å². The maximum atomic E-state index is 6.12. The van der Waals surface area contributed by atoms with Crippen LogP contribution in [-0.4, -0.2) is 61.5 Å². The van der Waals surface area contributed by atoms with E-state index in [-0.39, 0.29) is 29.6 Å². The van der Waals surface area contributed by atoms with Crippen LogP contribution in [0, 0.1) is 0 Å². The first-order valence-electron chi connectivity index (χ1n) is 11.5. The van der Waals surface area contributed by atoms with Gasteiger partial charge in [-0.2, -0.15) is 0 Å². The normalized spacial score (nSPS) is 20.5. The number of likely N-dealkylation sites (tertiary alicyclic amines) is 1. The molecule has 2 saturated heterocycles. The summed E-state index contributed by atoms with van der Waals surface area (Å²) in [5.74, 6) is 1.88. The van der Waals surface area contributed by atoms with Crippen LogP contribution in [0.5, 0.6) is 5.75 Å². The van der Waals surface area contributed by atoms with Crippen LogP contribution < -0.4 is 10.1 Å². The molecule has 2 aliphatic heterocycles. The molecule has 1 unspecified atom stereocenters. The van der Waals surface area contributed by atoms with Crippen LogP contribution in [0.2, 0.25) is 0 Å². The standard InChI is InChI=1S/C24H39N3O3.HI/c1-5-25-23(26-17-19-9-6-7-11-22(19)30-24(2,3)4)27-14-12-20(13-15-27)29-18-21-10-8-16-28-21;/h6-7,9,11,20-21H,5,8,10,12-18H2,1-4H3,(H,25,26);1H. The predicted octanol–water partition coefficient (Wildman–Crippen LogP) is 4.61. The number of ether oxygens (including phenoxy) is 3. The molecule has 6 nitrogen and oxygen atoms in total. The van der Waals surface area contributed by atoms with E-state index in [9.17, 15) is 0 Å². The van der Waals surface area contributed by atoms with Gasteiger partial charge in [0.25, 0.3) is 0 Å². The summed E-state index contributed by atoms with van der Waals surface area (Å²) in [6.07, 6.45) is 4.99. The summed E-state index contributed by atoms with van der Waals surface area (Å²) in [6.45, 7) is 13.3. The smallest absolute Gasteiger partial charge is 0.194 e. The molecule has 0 saturated carbocycles. The second kappa shape index (κ2) is 12.8. The Morgan fingerprint density at radius 1 is 1.19 bits per heavy atom. The van der Waals surface area contributed by atoms with E-state index >= 15 is 0 Å². The number of nitrogens with one attached hydrogen (secondary N) is 1. The number of rotatable bonds is 7. The molecular weight excluding hydrogens is 505 g/mol. The third kappa shape index (κ3) is 8.77. The Labute approximate surface area is 205 Å². The molecule has 2 fully saturated rings. The first-order valence-corrected chi connectivity index (χ1v) is 11.5. The van der Waals surface area contributed by atoms with Crippen LogP contribution in [-0.2, 0) is 16.0 Å². The highest BCUT2D eigenvalue weighted by atomic mass is 127. The Kier molecular flexibility index (Phi) is 10.9. The van der Waals surface area contributed by atoms with E-state index < -0.39 is 0 Å². The zero-order valence-electron chi connectivity index (χ0n) is 19.6. The van der Waals surface area contributed by atoms with Gasteiger partial charge < -0.3 is 24.4 Å². The van der Waals surface area contributed by atoms with Crippen molar-refractivity contribution in [3.63, 3.8) is 0 Å². The number of hydrogen-bond acceptors (Lipinski definition) is 4. The van der Waals surface area contributed by atoms with Gasteiger partial charge >= 0.3 is 0 Å². The van der Waals surface area contributed by atoms with E-state index in [2.05, 4.69) is 44.0 Å². The number of guanidine groups is 1. The van der Waals surface area contributed by atoms with E-state index in [1.807, 2.05) is 18.2 Å². The van der Waals surface area contributed by atoms with E-state index in [1.165, 1.54) is 6.42 Å².